The van der Waals surface area contributed by atoms with Crippen LogP contribution in [0.5, 0.6) is 5.88 Å². The van der Waals surface area contributed by atoms with E-state index in [1.54, 1.807) is 13.8 Å². The zero-order valence-corrected chi connectivity index (χ0v) is 18.8. The zero-order valence-electron chi connectivity index (χ0n) is 17.3. The minimum Gasteiger partial charge on any atom is -0.463 e. The Morgan fingerprint density at radius 1 is 1.10 bits per heavy atom. The first-order valence-electron chi connectivity index (χ1n) is 10.1. The van der Waals surface area contributed by atoms with Crippen LogP contribution in [0.2, 0.25) is 0 Å². The maximum absolute atomic E-state index is 12.9. The van der Waals surface area contributed by atoms with Crippen LogP contribution in [0.1, 0.15) is 37.3 Å². The van der Waals surface area contributed by atoms with Gasteiger partial charge in [-0.05, 0) is 37.6 Å². The molecule has 1 atom stereocenters. The number of allylic oxidation sites excluding steroid dienone is 1. The van der Waals surface area contributed by atoms with Crippen LogP contribution < -0.4 is 4.74 Å². The Bertz CT molecular complexity index is 1160. The lowest BCUT2D eigenvalue weighted by molar-refractivity contribution is -0.137. The molecular formula is C24H22BrNO5. The Hall–Kier alpha value is -3.06. The summed E-state index contributed by atoms with van der Waals surface area (Å²) >= 11 is 3.48. The highest BCUT2D eigenvalue weighted by Gasteiger charge is 2.35. The van der Waals surface area contributed by atoms with E-state index < -0.39 is 12.1 Å². The number of ether oxygens (including phenoxy) is 3. The number of carbonyl (C=O) groups is 2. The second-order valence-corrected chi connectivity index (χ2v) is 7.96. The molecule has 0 saturated heterocycles. The molecule has 1 aliphatic heterocycles. The highest BCUT2D eigenvalue weighted by atomic mass is 79.9. The number of halogens is 1. The van der Waals surface area contributed by atoms with E-state index in [1.807, 2.05) is 48.5 Å². The normalized spacial score (nSPS) is 16.6. The lowest BCUT2D eigenvalue weighted by Gasteiger charge is -2.26. The lowest BCUT2D eigenvalue weighted by Crippen LogP contribution is -2.20. The van der Waals surface area contributed by atoms with Crippen molar-refractivity contribution in [1.29, 1.82) is 0 Å². The molecule has 0 fully saturated rings. The van der Waals surface area contributed by atoms with E-state index >= 15 is 0 Å². The monoisotopic (exact) mass is 483 g/mol. The van der Waals surface area contributed by atoms with E-state index in [-0.39, 0.29) is 19.1 Å². The van der Waals surface area contributed by atoms with Gasteiger partial charge in [-0.15, -0.1) is 0 Å². The lowest BCUT2D eigenvalue weighted by atomic mass is 9.86. The highest BCUT2D eigenvalue weighted by molar-refractivity contribution is 9.10. The minimum atomic E-state index is -0.521. The van der Waals surface area contributed by atoms with Crippen molar-refractivity contribution >= 4 is 38.9 Å². The van der Waals surface area contributed by atoms with E-state index in [0.717, 1.165) is 21.0 Å². The quantitative estimate of drug-likeness (QED) is 0.348. The Morgan fingerprint density at radius 2 is 1.81 bits per heavy atom. The van der Waals surface area contributed by atoms with Crippen LogP contribution in [0.3, 0.4) is 0 Å². The van der Waals surface area contributed by atoms with Crippen molar-refractivity contribution in [3.05, 3.63) is 76.0 Å². The smallest absolute Gasteiger partial charge is 0.421 e. The van der Waals surface area contributed by atoms with Crippen LogP contribution in [0.15, 0.2) is 64.8 Å². The maximum atomic E-state index is 12.9. The SMILES string of the molecule is CCOC(=O)/C=C1\CC(c2ccc(Br)cc2)c2c(n(C(=O)OCC)c3ccccc23)O1. The molecule has 3 aromatic rings. The summed E-state index contributed by atoms with van der Waals surface area (Å²) in [6.45, 7) is 4.02. The number of benzene rings is 2. The fourth-order valence-corrected chi connectivity index (χ4v) is 4.16. The summed E-state index contributed by atoms with van der Waals surface area (Å²) in [6, 6.07) is 15.6. The highest BCUT2D eigenvalue weighted by Crippen LogP contribution is 2.47. The largest absolute Gasteiger partial charge is 0.463 e. The summed E-state index contributed by atoms with van der Waals surface area (Å²) in [6.07, 6.45) is 1.29. The van der Waals surface area contributed by atoms with Gasteiger partial charge in [-0.1, -0.05) is 46.3 Å². The second-order valence-electron chi connectivity index (χ2n) is 7.04. The molecule has 0 amide bonds. The van der Waals surface area contributed by atoms with Gasteiger partial charge in [-0.3, -0.25) is 0 Å². The fraction of sp³-hybridized carbons (Fsp3) is 0.250. The number of aromatic nitrogens is 1. The van der Waals surface area contributed by atoms with Gasteiger partial charge in [0.05, 0.1) is 24.8 Å². The van der Waals surface area contributed by atoms with E-state index in [0.29, 0.717) is 23.6 Å². The molecule has 1 unspecified atom stereocenters. The van der Waals surface area contributed by atoms with Crippen molar-refractivity contribution in [2.45, 2.75) is 26.2 Å². The Morgan fingerprint density at radius 3 is 2.52 bits per heavy atom. The minimum absolute atomic E-state index is 0.113. The van der Waals surface area contributed by atoms with Gasteiger partial charge in [0.15, 0.2) is 0 Å². The number of esters is 1. The summed E-state index contributed by atoms with van der Waals surface area (Å²) in [4.78, 5) is 25.0. The Labute approximate surface area is 188 Å². The standard InChI is InChI=1S/C24H22BrNO5/c1-3-29-21(27)14-17-13-19(15-9-11-16(25)12-10-15)22-18-7-5-6-8-20(18)26(23(22)31-17)24(28)30-4-2/h5-12,14,19H,3-4,13H2,1-2H3/b17-14+. The average molecular weight is 484 g/mol. The molecule has 0 aliphatic carbocycles. The van der Waals surface area contributed by atoms with Crippen LogP contribution >= 0.6 is 15.9 Å². The molecule has 0 bridgehead atoms. The van der Waals surface area contributed by atoms with Gasteiger partial charge in [-0.2, -0.15) is 0 Å². The molecule has 2 heterocycles. The molecule has 0 spiro atoms. The van der Waals surface area contributed by atoms with Gasteiger partial charge in [0.1, 0.15) is 5.76 Å². The molecule has 160 valence electrons. The van der Waals surface area contributed by atoms with Gasteiger partial charge in [0.2, 0.25) is 5.88 Å². The number of para-hydroxylation sites is 1. The third-order valence-corrected chi connectivity index (χ3v) is 5.67. The molecule has 1 aromatic heterocycles. The number of rotatable bonds is 4. The van der Waals surface area contributed by atoms with Gasteiger partial charge >= 0.3 is 12.1 Å². The molecule has 0 radical (unpaired) electrons. The Balaban J connectivity index is 1.94. The summed E-state index contributed by atoms with van der Waals surface area (Å²) < 4.78 is 18.9. The number of hydrogen-bond donors (Lipinski definition) is 0. The Kier molecular flexibility index (Phi) is 6.13. The van der Waals surface area contributed by atoms with Crippen LogP contribution in [-0.4, -0.2) is 29.8 Å². The van der Waals surface area contributed by atoms with Crippen LogP contribution in [-0.2, 0) is 14.3 Å². The van der Waals surface area contributed by atoms with E-state index in [4.69, 9.17) is 14.2 Å². The topological polar surface area (TPSA) is 66.8 Å². The average Bonchev–Trinajstić information content (AvgIpc) is 3.08. The number of hydrogen-bond acceptors (Lipinski definition) is 5. The molecule has 0 saturated carbocycles. The van der Waals surface area contributed by atoms with Gasteiger partial charge in [-0.25, -0.2) is 14.2 Å². The van der Waals surface area contributed by atoms with E-state index in [2.05, 4.69) is 15.9 Å². The fourth-order valence-electron chi connectivity index (χ4n) is 3.90. The molecule has 0 N–H and O–H groups in total. The first kappa shape index (κ1) is 21.2. The van der Waals surface area contributed by atoms with Crippen LogP contribution in [0.4, 0.5) is 4.79 Å². The van der Waals surface area contributed by atoms with Crippen LogP contribution in [0, 0.1) is 0 Å². The van der Waals surface area contributed by atoms with Crippen LogP contribution in [0.25, 0.3) is 10.9 Å². The maximum Gasteiger partial charge on any atom is 0.421 e. The summed E-state index contributed by atoms with van der Waals surface area (Å²) in [5.74, 6) is 0.217. The van der Waals surface area contributed by atoms with E-state index in [9.17, 15) is 9.59 Å². The van der Waals surface area contributed by atoms with Gasteiger partial charge < -0.3 is 14.2 Å². The molecular weight excluding hydrogens is 462 g/mol. The summed E-state index contributed by atoms with van der Waals surface area (Å²) in [7, 11) is 0. The predicted octanol–water partition coefficient (Wildman–Crippen LogP) is 5.77. The molecule has 4 rings (SSSR count). The third kappa shape index (κ3) is 4.10. The van der Waals surface area contributed by atoms with Gasteiger partial charge in [0.25, 0.3) is 0 Å². The summed E-state index contributed by atoms with van der Waals surface area (Å²) in [5, 5.41) is 0.911. The molecule has 1 aliphatic rings. The van der Waals surface area contributed by atoms with Crippen molar-refractivity contribution in [3.63, 3.8) is 0 Å². The first-order chi connectivity index (χ1) is 15.0. The number of nitrogens with zero attached hydrogens (tertiary/aromatic N) is 1. The molecule has 31 heavy (non-hydrogen) atoms. The van der Waals surface area contributed by atoms with E-state index in [1.165, 1.54) is 10.6 Å². The predicted molar refractivity (Wildman–Crippen MR) is 120 cm³/mol. The third-order valence-electron chi connectivity index (χ3n) is 5.14. The number of fused-ring (bicyclic) bond motifs is 3. The zero-order chi connectivity index (χ0) is 22.0. The molecule has 2 aromatic carbocycles. The second kappa shape index (κ2) is 8.98. The van der Waals surface area contributed by atoms with Crippen molar-refractivity contribution in [3.8, 4) is 5.88 Å². The molecule has 6 nitrogen and oxygen atoms in total. The van der Waals surface area contributed by atoms with Crippen molar-refractivity contribution in [2.75, 3.05) is 13.2 Å². The van der Waals surface area contributed by atoms with Gasteiger partial charge in [0, 0.05) is 27.8 Å². The molecule has 7 heteroatoms. The number of carbonyl (C=O) groups excluding carboxylic acids is 2. The summed E-state index contributed by atoms with van der Waals surface area (Å²) in [5.41, 5.74) is 2.65. The van der Waals surface area contributed by atoms with Crippen molar-refractivity contribution < 1.29 is 23.8 Å². The van der Waals surface area contributed by atoms with Crippen molar-refractivity contribution in [2.24, 2.45) is 0 Å². The first-order valence-corrected chi connectivity index (χ1v) is 10.9. The van der Waals surface area contributed by atoms with Crippen molar-refractivity contribution in [1.82, 2.24) is 4.57 Å².